The molecular formula is C9H20NO5+. The molecule has 1 fully saturated rings. The fourth-order valence-corrected chi connectivity index (χ4v) is 2.07. The van der Waals surface area contributed by atoms with Crippen molar-refractivity contribution in [3.63, 3.8) is 0 Å². The normalized spacial score (nSPS) is 47.6. The number of rotatable bonds is 2. The molecule has 1 aliphatic rings. The number of nitrogens with zero attached hydrogens (tertiary/aromatic N) is 1. The molecule has 0 bridgehead atoms. The van der Waals surface area contributed by atoms with E-state index in [0.29, 0.717) is 6.54 Å². The molecule has 1 saturated heterocycles. The van der Waals surface area contributed by atoms with E-state index in [0.717, 1.165) is 0 Å². The molecule has 0 aromatic carbocycles. The van der Waals surface area contributed by atoms with Crippen molar-refractivity contribution < 1.29 is 30.0 Å². The largest absolute Gasteiger partial charge is 0.391 e. The zero-order valence-electron chi connectivity index (χ0n) is 8.82. The summed E-state index contributed by atoms with van der Waals surface area (Å²) in [5.41, 5.74) is 0. The van der Waals surface area contributed by atoms with E-state index in [9.17, 15) is 20.4 Å². The summed E-state index contributed by atoms with van der Waals surface area (Å²) in [7, 11) is 1.76. The smallest absolute Gasteiger partial charge is 0.131 e. The Morgan fingerprint density at radius 2 is 1.40 bits per heavy atom. The first-order valence-corrected chi connectivity index (χ1v) is 5.06. The number of quaternary nitrogens is 1. The van der Waals surface area contributed by atoms with Gasteiger partial charge in [0, 0.05) is 0 Å². The van der Waals surface area contributed by atoms with Gasteiger partial charge in [0.25, 0.3) is 0 Å². The molecule has 5 N–H and O–H groups in total. The molecule has 0 amide bonds. The van der Waals surface area contributed by atoms with Crippen LogP contribution in [0.15, 0.2) is 0 Å². The second-order valence-electron chi connectivity index (χ2n) is 4.55. The highest BCUT2D eigenvalue weighted by Gasteiger charge is 2.42. The van der Waals surface area contributed by atoms with E-state index in [4.69, 9.17) is 5.11 Å². The van der Waals surface area contributed by atoms with Crippen LogP contribution in [0.4, 0.5) is 0 Å². The summed E-state index contributed by atoms with van der Waals surface area (Å²) in [5, 5.41) is 47.0. The molecule has 5 atom stereocenters. The van der Waals surface area contributed by atoms with E-state index in [1.54, 1.807) is 7.05 Å². The number of likely N-dealkylation sites (tertiary alicyclic amines) is 1. The van der Waals surface area contributed by atoms with Gasteiger partial charge in [-0.3, -0.25) is 0 Å². The molecule has 0 radical (unpaired) electrons. The van der Waals surface area contributed by atoms with Crippen LogP contribution in [0.25, 0.3) is 0 Å². The Balaban J connectivity index is 2.79. The molecule has 1 unspecified atom stereocenters. The molecule has 0 spiro atoms. The molecule has 0 saturated carbocycles. The number of hydrogen-bond donors (Lipinski definition) is 5. The second kappa shape index (κ2) is 4.73. The van der Waals surface area contributed by atoms with Crippen LogP contribution < -0.4 is 0 Å². The lowest BCUT2D eigenvalue weighted by Gasteiger charge is -2.34. The first-order valence-electron chi connectivity index (χ1n) is 5.06. The highest BCUT2D eigenvalue weighted by molar-refractivity contribution is 4.84. The van der Waals surface area contributed by atoms with E-state index in [2.05, 4.69) is 0 Å². The maximum Gasteiger partial charge on any atom is 0.131 e. The zero-order chi connectivity index (χ0) is 11.6. The Morgan fingerprint density at radius 1 is 1.00 bits per heavy atom. The van der Waals surface area contributed by atoms with Crippen molar-refractivity contribution in [3.05, 3.63) is 0 Å². The van der Waals surface area contributed by atoms with Gasteiger partial charge < -0.3 is 30.0 Å². The van der Waals surface area contributed by atoms with Crippen LogP contribution in [0.1, 0.15) is 0 Å². The number of aliphatic hydroxyl groups excluding tert-OH is 5. The van der Waals surface area contributed by atoms with E-state index in [1.807, 2.05) is 0 Å². The van der Waals surface area contributed by atoms with Gasteiger partial charge in [-0.2, -0.15) is 0 Å². The van der Waals surface area contributed by atoms with Gasteiger partial charge in [-0.15, -0.1) is 0 Å². The first kappa shape index (κ1) is 12.8. The van der Waals surface area contributed by atoms with Gasteiger partial charge >= 0.3 is 0 Å². The van der Waals surface area contributed by atoms with E-state index >= 15 is 0 Å². The van der Waals surface area contributed by atoms with Crippen LogP contribution >= 0.6 is 0 Å². The molecule has 6 heteroatoms. The Bertz CT molecular complexity index is 197. The van der Waals surface area contributed by atoms with Gasteiger partial charge in [-0.05, 0) is 0 Å². The number of aliphatic hydroxyl groups is 5. The van der Waals surface area contributed by atoms with Gasteiger partial charge in [0.2, 0.25) is 0 Å². The van der Waals surface area contributed by atoms with Gasteiger partial charge in [-0.25, -0.2) is 0 Å². The average Bonchev–Trinajstić information content (AvgIpc) is 2.19. The highest BCUT2D eigenvalue weighted by atomic mass is 16.4. The standard InChI is InChI=1S/C9H20NO5/c1-10(2-3-11)4-6(12)8(14)9(15)7(13)5-10/h6-9,11-15H,2-5H2,1H3/q+1/t6-,7+,8-,9-,10?/m1/s1. The van der Waals surface area contributed by atoms with Gasteiger partial charge in [0.05, 0.1) is 13.7 Å². The minimum atomic E-state index is -1.33. The van der Waals surface area contributed by atoms with Gasteiger partial charge in [0.15, 0.2) is 0 Å². The summed E-state index contributed by atoms with van der Waals surface area (Å²) in [4.78, 5) is 0. The fraction of sp³-hybridized carbons (Fsp3) is 1.00. The summed E-state index contributed by atoms with van der Waals surface area (Å²) in [6.07, 6.45) is -4.85. The van der Waals surface area contributed by atoms with Crippen molar-refractivity contribution in [1.29, 1.82) is 0 Å². The van der Waals surface area contributed by atoms with E-state index in [1.165, 1.54) is 0 Å². The Morgan fingerprint density at radius 3 is 1.73 bits per heavy atom. The van der Waals surface area contributed by atoms with Crippen molar-refractivity contribution in [3.8, 4) is 0 Å². The first-order chi connectivity index (χ1) is 6.89. The van der Waals surface area contributed by atoms with Crippen LogP contribution in [-0.4, -0.2) is 87.7 Å². The lowest BCUT2D eigenvalue weighted by Crippen LogP contribution is -2.53. The molecule has 1 rings (SSSR count). The molecular weight excluding hydrogens is 202 g/mol. The SMILES string of the molecule is C[N+]1(CCO)C[C@@H](O)[C@@H](O)[C@H](O)[C@@H](O)C1. The van der Waals surface area contributed by atoms with Crippen molar-refractivity contribution in [2.75, 3.05) is 33.3 Å². The van der Waals surface area contributed by atoms with Crippen LogP contribution in [0.2, 0.25) is 0 Å². The quantitative estimate of drug-likeness (QED) is 0.318. The maximum absolute atomic E-state index is 9.59. The third-order valence-electron chi connectivity index (χ3n) is 3.03. The van der Waals surface area contributed by atoms with Crippen molar-refractivity contribution in [2.45, 2.75) is 24.4 Å². The molecule has 0 aromatic heterocycles. The summed E-state index contributed by atoms with van der Waals surface area (Å²) in [6.45, 7) is 0.710. The summed E-state index contributed by atoms with van der Waals surface area (Å²) < 4.78 is 0.229. The van der Waals surface area contributed by atoms with E-state index < -0.39 is 24.4 Å². The Labute approximate surface area is 88.6 Å². The Hall–Kier alpha value is -0.240. The summed E-state index contributed by atoms with van der Waals surface area (Å²) >= 11 is 0. The van der Waals surface area contributed by atoms with Crippen molar-refractivity contribution in [1.82, 2.24) is 0 Å². The summed E-state index contributed by atoms with van der Waals surface area (Å²) in [6, 6.07) is 0. The van der Waals surface area contributed by atoms with Crippen molar-refractivity contribution >= 4 is 0 Å². The zero-order valence-corrected chi connectivity index (χ0v) is 8.82. The van der Waals surface area contributed by atoms with Crippen molar-refractivity contribution in [2.24, 2.45) is 0 Å². The molecule has 1 heterocycles. The Kier molecular flexibility index (Phi) is 4.05. The third kappa shape index (κ3) is 2.87. The molecule has 15 heavy (non-hydrogen) atoms. The summed E-state index contributed by atoms with van der Waals surface area (Å²) in [5.74, 6) is 0. The third-order valence-corrected chi connectivity index (χ3v) is 3.03. The number of hydrogen-bond acceptors (Lipinski definition) is 5. The molecule has 0 aromatic rings. The fourth-order valence-electron chi connectivity index (χ4n) is 2.07. The maximum atomic E-state index is 9.59. The van der Waals surface area contributed by atoms with Crippen LogP contribution in [0.3, 0.4) is 0 Å². The van der Waals surface area contributed by atoms with Crippen LogP contribution in [0, 0.1) is 0 Å². The van der Waals surface area contributed by atoms with Crippen LogP contribution in [-0.2, 0) is 0 Å². The molecule has 90 valence electrons. The lowest BCUT2D eigenvalue weighted by molar-refractivity contribution is -0.914. The molecule has 0 aliphatic carbocycles. The van der Waals surface area contributed by atoms with E-state index in [-0.39, 0.29) is 24.2 Å². The van der Waals surface area contributed by atoms with Gasteiger partial charge in [-0.1, -0.05) is 0 Å². The minimum absolute atomic E-state index is 0.0673. The predicted octanol–water partition coefficient (Wildman–Crippen LogP) is -3.12. The minimum Gasteiger partial charge on any atom is -0.391 e. The topological polar surface area (TPSA) is 101 Å². The molecule has 1 aliphatic heterocycles. The second-order valence-corrected chi connectivity index (χ2v) is 4.55. The monoisotopic (exact) mass is 222 g/mol. The van der Waals surface area contributed by atoms with Crippen LogP contribution in [0.5, 0.6) is 0 Å². The van der Waals surface area contributed by atoms with Gasteiger partial charge in [0.1, 0.15) is 44.1 Å². The number of likely N-dealkylation sites (N-methyl/N-ethyl adjacent to an activating group) is 1. The lowest BCUT2D eigenvalue weighted by atomic mass is 10.1. The predicted molar refractivity (Wildman–Crippen MR) is 51.9 cm³/mol. The average molecular weight is 222 g/mol. The highest BCUT2D eigenvalue weighted by Crippen LogP contribution is 2.18. The molecule has 6 nitrogen and oxygen atoms in total.